The smallest absolute Gasteiger partial charge is 0.287 e. The summed E-state index contributed by atoms with van der Waals surface area (Å²) in [5, 5.41) is 10.9. The number of benzene rings is 1. The molecule has 0 spiro atoms. The fourth-order valence-electron chi connectivity index (χ4n) is 1.73. The van der Waals surface area contributed by atoms with Gasteiger partial charge in [-0.2, -0.15) is 0 Å². The SMILES string of the molecule is CC[C@H](N)c1ccc(Oc2cccc([N+](=O)[O-])c2Br)cn1. The number of nitrogens with zero attached hydrogens (tertiary/aromatic N) is 2. The van der Waals surface area contributed by atoms with E-state index in [2.05, 4.69) is 20.9 Å². The van der Waals surface area contributed by atoms with Crippen molar-refractivity contribution >= 4 is 21.6 Å². The number of halogens is 1. The second-order valence-electron chi connectivity index (χ2n) is 4.38. The van der Waals surface area contributed by atoms with E-state index >= 15 is 0 Å². The lowest BCUT2D eigenvalue weighted by Gasteiger charge is -2.10. The lowest BCUT2D eigenvalue weighted by Crippen LogP contribution is -2.10. The molecule has 2 rings (SSSR count). The third-order valence-corrected chi connectivity index (χ3v) is 3.74. The molecular weight excluding hydrogens is 338 g/mol. The van der Waals surface area contributed by atoms with Crippen molar-refractivity contribution in [2.45, 2.75) is 19.4 Å². The highest BCUT2D eigenvalue weighted by atomic mass is 79.9. The zero-order chi connectivity index (χ0) is 15.4. The summed E-state index contributed by atoms with van der Waals surface area (Å²) in [7, 11) is 0. The number of nitrogens with two attached hydrogens (primary N) is 1. The Hall–Kier alpha value is -1.99. The summed E-state index contributed by atoms with van der Waals surface area (Å²) >= 11 is 3.18. The zero-order valence-electron chi connectivity index (χ0n) is 11.3. The third kappa shape index (κ3) is 3.56. The molecule has 110 valence electrons. The van der Waals surface area contributed by atoms with Gasteiger partial charge in [0.05, 0.1) is 16.8 Å². The first-order valence-electron chi connectivity index (χ1n) is 6.35. The fourth-order valence-corrected chi connectivity index (χ4v) is 2.22. The lowest BCUT2D eigenvalue weighted by atomic mass is 10.1. The Morgan fingerprint density at radius 3 is 2.76 bits per heavy atom. The first-order valence-corrected chi connectivity index (χ1v) is 7.14. The minimum absolute atomic E-state index is 0.0508. The number of nitro groups is 1. The van der Waals surface area contributed by atoms with Crippen LogP contribution in [0.4, 0.5) is 5.69 Å². The average Bonchev–Trinajstić information content (AvgIpc) is 2.49. The van der Waals surface area contributed by atoms with Crippen LogP contribution in [0.25, 0.3) is 0 Å². The predicted molar refractivity (Wildman–Crippen MR) is 82.3 cm³/mol. The summed E-state index contributed by atoms with van der Waals surface area (Å²) in [6, 6.07) is 8.02. The maximum Gasteiger partial charge on any atom is 0.287 e. The second-order valence-corrected chi connectivity index (χ2v) is 5.17. The molecule has 1 aromatic heterocycles. The quantitative estimate of drug-likeness (QED) is 0.650. The van der Waals surface area contributed by atoms with Gasteiger partial charge >= 0.3 is 0 Å². The van der Waals surface area contributed by atoms with Gasteiger partial charge in [0.25, 0.3) is 5.69 Å². The summed E-state index contributed by atoms with van der Waals surface area (Å²) in [4.78, 5) is 14.6. The minimum atomic E-state index is -0.474. The van der Waals surface area contributed by atoms with E-state index in [0.29, 0.717) is 16.0 Å². The van der Waals surface area contributed by atoms with Gasteiger partial charge in [0.2, 0.25) is 0 Å². The molecule has 0 radical (unpaired) electrons. The van der Waals surface area contributed by atoms with E-state index in [9.17, 15) is 10.1 Å². The van der Waals surface area contributed by atoms with Gasteiger partial charge in [-0.15, -0.1) is 0 Å². The van der Waals surface area contributed by atoms with Gasteiger partial charge in [-0.25, -0.2) is 0 Å². The molecule has 0 aliphatic rings. The van der Waals surface area contributed by atoms with Crippen LogP contribution in [0, 0.1) is 10.1 Å². The molecule has 2 aromatic rings. The molecule has 0 saturated heterocycles. The summed E-state index contributed by atoms with van der Waals surface area (Å²) in [5.74, 6) is 0.849. The molecule has 7 heteroatoms. The molecule has 21 heavy (non-hydrogen) atoms. The van der Waals surface area contributed by atoms with E-state index in [1.165, 1.54) is 6.07 Å². The van der Waals surface area contributed by atoms with Crippen molar-refractivity contribution in [2.75, 3.05) is 0 Å². The summed E-state index contributed by atoms with van der Waals surface area (Å²) in [5.41, 5.74) is 6.62. The Bertz CT molecular complexity index is 646. The number of hydrogen-bond acceptors (Lipinski definition) is 5. The van der Waals surface area contributed by atoms with Crippen LogP contribution in [-0.2, 0) is 0 Å². The van der Waals surface area contributed by atoms with Crippen LogP contribution in [0.5, 0.6) is 11.5 Å². The van der Waals surface area contributed by atoms with Crippen LogP contribution in [0.1, 0.15) is 25.1 Å². The highest BCUT2D eigenvalue weighted by Gasteiger charge is 2.16. The Morgan fingerprint density at radius 1 is 1.43 bits per heavy atom. The minimum Gasteiger partial charge on any atom is -0.454 e. The second kappa shape index (κ2) is 6.64. The number of pyridine rings is 1. The average molecular weight is 352 g/mol. The lowest BCUT2D eigenvalue weighted by molar-refractivity contribution is -0.385. The molecule has 6 nitrogen and oxygen atoms in total. The van der Waals surface area contributed by atoms with E-state index in [1.54, 1.807) is 30.5 Å². The van der Waals surface area contributed by atoms with Crippen LogP contribution < -0.4 is 10.5 Å². The van der Waals surface area contributed by atoms with E-state index in [-0.39, 0.29) is 11.7 Å². The molecule has 1 atom stereocenters. The Balaban J connectivity index is 2.22. The van der Waals surface area contributed by atoms with Gasteiger partial charge in [0.15, 0.2) is 0 Å². The summed E-state index contributed by atoms with van der Waals surface area (Å²) in [6.45, 7) is 1.98. The van der Waals surface area contributed by atoms with Crippen LogP contribution in [0.15, 0.2) is 41.0 Å². The molecule has 1 aromatic carbocycles. The van der Waals surface area contributed by atoms with Gasteiger partial charge in [-0.1, -0.05) is 13.0 Å². The van der Waals surface area contributed by atoms with Gasteiger partial charge in [0.1, 0.15) is 16.0 Å². The van der Waals surface area contributed by atoms with Gasteiger partial charge in [-0.05, 0) is 40.5 Å². The van der Waals surface area contributed by atoms with Crippen molar-refractivity contribution in [3.05, 3.63) is 56.8 Å². The molecule has 2 N–H and O–H groups in total. The third-order valence-electron chi connectivity index (χ3n) is 2.95. The van der Waals surface area contributed by atoms with E-state index in [0.717, 1.165) is 12.1 Å². The fraction of sp³-hybridized carbons (Fsp3) is 0.214. The van der Waals surface area contributed by atoms with Crippen LogP contribution in [0.2, 0.25) is 0 Å². The van der Waals surface area contributed by atoms with Crippen molar-refractivity contribution in [1.29, 1.82) is 0 Å². The van der Waals surface area contributed by atoms with Crippen molar-refractivity contribution in [3.63, 3.8) is 0 Å². The van der Waals surface area contributed by atoms with Crippen molar-refractivity contribution in [2.24, 2.45) is 5.73 Å². The Morgan fingerprint density at radius 2 is 2.19 bits per heavy atom. The van der Waals surface area contributed by atoms with Crippen LogP contribution in [-0.4, -0.2) is 9.91 Å². The molecule has 0 aliphatic heterocycles. The topological polar surface area (TPSA) is 91.3 Å². The van der Waals surface area contributed by atoms with Crippen molar-refractivity contribution in [3.8, 4) is 11.5 Å². The maximum absolute atomic E-state index is 10.9. The standard InChI is InChI=1S/C14H14BrN3O3/c1-2-10(16)11-7-6-9(8-17-11)21-13-5-3-4-12(14(13)15)18(19)20/h3-8,10H,2,16H2,1H3/t10-/m0/s1. The molecule has 0 amide bonds. The van der Waals surface area contributed by atoms with Gasteiger partial charge < -0.3 is 10.5 Å². The number of hydrogen-bond donors (Lipinski definition) is 1. The van der Waals surface area contributed by atoms with E-state index in [1.807, 2.05) is 6.92 Å². The number of rotatable bonds is 5. The number of nitro benzene ring substituents is 1. The van der Waals surface area contributed by atoms with Crippen LogP contribution in [0.3, 0.4) is 0 Å². The zero-order valence-corrected chi connectivity index (χ0v) is 12.9. The number of ether oxygens (including phenoxy) is 1. The monoisotopic (exact) mass is 351 g/mol. The van der Waals surface area contributed by atoms with Crippen molar-refractivity contribution < 1.29 is 9.66 Å². The van der Waals surface area contributed by atoms with Gasteiger partial charge in [0, 0.05) is 12.1 Å². The molecule has 0 aliphatic carbocycles. The van der Waals surface area contributed by atoms with Crippen molar-refractivity contribution in [1.82, 2.24) is 4.98 Å². The normalized spacial score (nSPS) is 12.0. The first-order chi connectivity index (χ1) is 10.0. The highest BCUT2D eigenvalue weighted by molar-refractivity contribution is 9.10. The maximum atomic E-state index is 10.9. The molecule has 0 fully saturated rings. The van der Waals surface area contributed by atoms with E-state index in [4.69, 9.17) is 10.5 Å². The summed E-state index contributed by atoms with van der Waals surface area (Å²) in [6.07, 6.45) is 2.35. The first kappa shape index (κ1) is 15.4. The highest BCUT2D eigenvalue weighted by Crippen LogP contribution is 2.36. The molecule has 0 unspecified atom stereocenters. The van der Waals surface area contributed by atoms with E-state index < -0.39 is 4.92 Å². The Kier molecular flexibility index (Phi) is 4.87. The van der Waals surface area contributed by atoms with Gasteiger partial charge in [-0.3, -0.25) is 15.1 Å². The van der Waals surface area contributed by atoms with Crippen LogP contribution >= 0.6 is 15.9 Å². The molecular formula is C14H14BrN3O3. The molecule has 0 bridgehead atoms. The Labute approximate surface area is 130 Å². The molecule has 1 heterocycles. The number of aromatic nitrogens is 1. The molecule has 0 saturated carbocycles. The predicted octanol–water partition coefficient (Wildman–Crippen LogP) is 3.95. The summed E-state index contributed by atoms with van der Waals surface area (Å²) < 4.78 is 5.91. The largest absolute Gasteiger partial charge is 0.454 e.